The maximum absolute atomic E-state index is 3.68. The summed E-state index contributed by atoms with van der Waals surface area (Å²) in [6.45, 7) is 11.5. The molecule has 1 heterocycles. The summed E-state index contributed by atoms with van der Waals surface area (Å²) in [6, 6.07) is 7.34. The molecule has 1 unspecified atom stereocenters. The zero-order chi connectivity index (χ0) is 14.4. The van der Waals surface area contributed by atoms with Gasteiger partial charge < -0.3 is 5.32 Å². The van der Waals surface area contributed by atoms with Crippen molar-refractivity contribution < 1.29 is 0 Å². The van der Waals surface area contributed by atoms with Crippen molar-refractivity contribution in [3.8, 4) is 0 Å². The van der Waals surface area contributed by atoms with E-state index in [4.69, 9.17) is 0 Å². The Kier molecular flexibility index (Phi) is 6.06. The zero-order valence-corrected chi connectivity index (χ0v) is 13.4. The van der Waals surface area contributed by atoms with Crippen LogP contribution in [0.2, 0.25) is 0 Å². The molecule has 0 spiro atoms. The second kappa shape index (κ2) is 7.80. The van der Waals surface area contributed by atoms with Crippen molar-refractivity contribution in [2.75, 3.05) is 19.6 Å². The lowest BCUT2D eigenvalue weighted by molar-refractivity contribution is 0.216. The fourth-order valence-corrected chi connectivity index (χ4v) is 3.26. The van der Waals surface area contributed by atoms with Crippen LogP contribution in [0, 0.1) is 13.8 Å². The van der Waals surface area contributed by atoms with Crippen molar-refractivity contribution in [3.63, 3.8) is 0 Å². The van der Waals surface area contributed by atoms with E-state index in [0.717, 1.165) is 6.54 Å². The minimum absolute atomic E-state index is 0.694. The quantitative estimate of drug-likeness (QED) is 0.851. The van der Waals surface area contributed by atoms with Crippen LogP contribution in [0.5, 0.6) is 0 Å². The molecule has 2 heteroatoms. The molecule has 1 N–H and O–H groups in total. The highest BCUT2D eigenvalue weighted by atomic mass is 15.1. The van der Waals surface area contributed by atoms with Gasteiger partial charge in [-0.25, -0.2) is 0 Å². The smallest absolute Gasteiger partial charge is 0.0239 e. The Morgan fingerprint density at radius 2 is 1.95 bits per heavy atom. The molecule has 0 bridgehead atoms. The SMILES string of the molecule is CCCN(Cc1c(C)cccc1C)CC1CCCCN1. The molecule has 0 saturated carbocycles. The van der Waals surface area contributed by atoms with Gasteiger partial charge in [0.2, 0.25) is 0 Å². The van der Waals surface area contributed by atoms with Crippen LogP contribution in [0.3, 0.4) is 0 Å². The number of piperidine rings is 1. The van der Waals surface area contributed by atoms with Crippen LogP contribution in [0.15, 0.2) is 18.2 Å². The van der Waals surface area contributed by atoms with E-state index in [9.17, 15) is 0 Å². The van der Waals surface area contributed by atoms with Crippen molar-refractivity contribution in [1.29, 1.82) is 0 Å². The predicted molar refractivity (Wildman–Crippen MR) is 87.1 cm³/mol. The van der Waals surface area contributed by atoms with Crippen LogP contribution in [-0.2, 0) is 6.54 Å². The van der Waals surface area contributed by atoms with Gasteiger partial charge in [-0.2, -0.15) is 0 Å². The molecule has 0 amide bonds. The average Bonchev–Trinajstić information content (AvgIpc) is 2.44. The van der Waals surface area contributed by atoms with Gasteiger partial charge in [0.05, 0.1) is 0 Å². The highest BCUT2D eigenvalue weighted by molar-refractivity contribution is 5.33. The normalized spacial score (nSPS) is 19.5. The third kappa shape index (κ3) is 4.32. The van der Waals surface area contributed by atoms with E-state index in [-0.39, 0.29) is 0 Å². The van der Waals surface area contributed by atoms with Gasteiger partial charge in [-0.3, -0.25) is 4.90 Å². The first-order valence-electron chi connectivity index (χ1n) is 8.21. The van der Waals surface area contributed by atoms with Crippen LogP contribution in [0.1, 0.15) is 49.3 Å². The maximum atomic E-state index is 3.68. The minimum atomic E-state index is 0.694. The molecule has 1 aliphatic heterocycles. The number of rotatable bonds is 6. The molecule has 1 aliphatic rings. The highest BCUT2D eigenvalue weighted by Gasteiger charge is 2.17. The lowest BCUT2D eigenvalue weighted by atomic mass is 10.0. The molecule has 1 atom stereocenters. The van der Waals surface area contributed by atoms with E-state index in [2.05, 4.69) is 49.2 Å². The van der Waals surface area contributed by atoms with E-state index in [1.807, 2.05) is 0 Å². The molecule has 0 aliphatic carbocycles. The van der Waals surface area contributed by atoms with Gasteiger partial charge in [0.1, 0.15) is 0 Å². The largest absolute Gasteiger partial charge is 0.313 e. The van der Waals surface area contributed by atoms with E-state index < -0.39 is 0 Å². The van der Waals surface area contributed by atoms with Crippen LogP contribution in [0.4, 0.5) is 0 Å². The van der Waals surface area contributed by atoms with Crippen LogP contribution in [0.25, 0.3) is 0 Å². The van der Waals surface area contributed by atoms with Crippen molar-refractivity contribution >= 4 is 0 Å². The minimum Gasteiger partial charge on any atom is -0.313 e. The molecule has 112 valence electrons. The first kappa shape index (κ1) is 15.5. The number of hydrogen-bond acceptors (Lipinski definition) is 2. The number of hydrogen-bond donors (Lipinski definition) is 1. The second-order valence-corrected chi connectivity index (χ2v) is 6.25. The molecule has 0 radical (unpaired) electrons. The first-order valence-corrected chi connectivity index (χ1v) is 8.21. The monoisotopic (exact) mass is 274 g/mol. The number of benzene rings is 1. The third-order valence-corrected chi connectivity index (χ3v) is 4.46. The average molecular weight is 274 g/mol. The molecule has 0 aromatic heterocycles. The van der Waals surface area contributed by atoms with Gasteiger partial charge in [0.25, 0.3) is 0 Å². The standard InChI is InChI=1S/C18H30N2/c1-4-12-20(13-17-10-5-6-11-19-17)14-18-15(2)8-7-9-16(18)3/h7-9,17,19H,4-6,10-14H2,1-3H3. The molecule has 1 aromatic carbocycles. The van der Waals surface area contributed by atoms with Crippen molar-refractivity contribution in [1.82, 2.24) is 10.2 Å². The zero-order valence-electron chi connectivity index (χ0n) is 13.4. The summed E-state index contributed by atoms with van der Waals surface area (Å²) in [5.74, 6) is 0. The molecule has 2 rings (SSSR count). The Labute approximate surface area is 124 Å². The number of nitrogens with one attached hydrogen (secondary N) is 1. The van der Waals surface area contributed by atoms with Gasteiger partial charge in [-0.15, -0.1) is 0 Å². The Balaban J connectivity index is 2.00. The Morgan fingerprint density at radius 1 is 1.20 bits per heavy atom. The predicted octanol–water partition coefficient (Wildman–Crippen LogP) is 3.66. The Hall–Kier alpha value is -0.860. The summed E-state index contributed by atoms with van der Waals surface area (Å²) in [7, 11) is 0. The van der Waals surface area contributed by atoms with E-state index in [0.29, 0.717) is 6.04 Å². The van der Waals surface area contributed by atoms with E-state index in [1.54, 1.807) is 0 Å². The third-order valence-electron chi connectivity index (χ3n) is 4.46. The summed E-state index contributed by atoms with van der Waals surface area (Å²) < 4.78 is 0. The Bertz CT molecular complexity index is 388. The molecule has 1 fully saturated rings. The van der Waals surface area contributed by atoms with Crippen molar-refractivity contribution in [2.45, 2.75) is 59.0 Å². The number of nitrogens with zero attached hydrogens (tertiary/aromatic N) is 1. The first-order chi connectivity index (χ1) is 9.70. The maximum Gasteiger partial charge on any atom is 0.0239 e. The van der Waals surface area contributed by atoms with Crippen molar-refractivity contribution in [2.24, 2.45) is 0 Å². The second-order valence-electron chi connectivity index (χ2n) is 6.25. The van der Waals surface area contributed by atoms with Gasteiger partial charge in [-0.1, -0.05) is 31.5 Å². The van der Waals surface area contributed by atoms with Crippen molar-refractivity contribution in [3.05, 3.63) is 34.9 Å². The van der Waals surface area contributed by atoms with Crippen LogP contribution >= 0.6 is 0 Å². The molecule has 1 saturated heterocycles. The van der Waals surface area contributed by atoms with E-state index in [1.165, 1.54) is 62.0 Å². The van der Waals surface area contributed by atoms with Crippen LogP contribution < -0.4 is 5.32 Å². The van der Waals surface area contributed by atoms with E-state index >= 15 is 0 Å². The fraction of sp³-hybridized carbons (Fsp3) is 0.667. The molecular weight excluding hydrogens is 244 g/mol. The molecule has 1 aromatic rings. The van der Waals surface area contributed by atoms with Gasteiger partial charge in [0.15, 0.2) is 0 Å². The van der Waals surface area contributed by atoms with Gasteiger partial charge in [0, 0.05) is 19.1 Å². The molecule has 20 heavy (non-hydrogen) atoms. The summed E-state index contributed by atoms with van der Waals surface area (Å²) in [4.78, 5) is 2.64. The fourth-order valence-electron chi connectivity index (χ4n) is 3.26. The summed E-state index contributed by atoms with van der Waals surface area (Å²) in [5.41, 5.74) is 4.39. The number of aryl methyl sites for hydroxylation is 2. The molecular formula is C18H30N2. The highest BCUT2D eigenvalue weighted by Crippen LogP contribution is 2.17. The lowest BCUT2D eigenvalue weighted by Crippen LogP contribution is -2.43. The van der Waals surface area contributed by atoms with Crippen LogP contribution in [-0.4, -0.2) is 30.6 Å². The lowest BCUT2D eigenvalue weighted by Gasteiger charge is -2.31. The van der Waals surface area contributed by atoms with Gasteiger partial charge >= 0.3 is 0 Å². The molecule has 2 nitrogen and oxygen atoms in total. The summed E-state index contributed by atoms with van der Waals surface area (Å²) in [5, 5.41) is 3.68. The van der Waals surface area contributed by atoms with Gasteiger partial charge in [-0.05, 0) is 62.9 Å². The summed E-state index contributed by atoms with van der Waals surface area (Å²) in [6.07, 6.45) is 5.31. The summed E-state index contributed by atoms with van der Waals surface area (Å²) >= 11 is 0. The Morgan fingerprint density at radius 3 is 2.55 bits per heavy atom. The topological polar surface area (TPSA) is 15.3 Å².